The Balaban J connectivity index is 2.79. The van der Waals surface area contributed by atoms with Crippen molar-refractivity contribution in [2.45, 2.75) is 12.5 Å². The first-order valence-corrected chi connectivity index (χ1v) is 5.34. The van der Waals surface area contributed by atoms with Crippen molar-refractivity contribution in [3.05, 3.63) is 35.9 Å². The summed E-state index contributed by atoms with van der Waals surface area (Å²) in [5.41, 5.74) is 0.667. The van der Waals surface area contributed by atoms with Gasteiger partial charge in [0.2, 0.25) is 0 Å². The van der Waals surface area contributed by atoms with Crippen LogP contribution in [0.4, 0.5) is 0 Å². The van der Waals surface area contributed by atoms with Crippen LogP contribution < -0.4 is 0 Å². The van der Waals surface area contributed by atoms with Crippen LogP contribution in [0.2, 0.25) is 0 Å². The van der Waals surface area contributed by atoms with Crippen LogP contribution >= 0.6 is 12.6 Å². The maximum atomic E-state index is 11.1. The van der Waals surface area contributed by atoms with E-state index in [9.17, 15) is 9.59 Å². The van der Waals surface area contributed by atoms with Crippen molar-refractivity contribution in [1.29, 1.82) is 0 Å². The topological polar surface area (TPSA) is 63.6 Å². The zero-order chi connectivity index (χ0) is 12.0. The minimum Gasteiger partial charge on any atom is -0.481 e. The molecule has 0 aromatic heterocycles. The van der Waals surface area contributed by atoms with E-state index in [-0.39, 0.29) is 12.2 Å². The summed E-state index contributed by atoms with van der Waals surface area (Å²) >= 11 is 3.77. The SMILES string of the molecule is O=C(O)CC(OC(=O)CS)c1ccccc1. The third kappa shape index (κ3) is 3.94. The first-order chi connectivity index (χ1) is 7.63. The molecule has 1 unspecified atom stereocenters. The quantitative estimate of drug-likeness (QED) is 0.607. The van der Waals surface area contributed by atoms with Crippen molar-refractivity contribution in [2.75, 3.05) is 5.75 Å². The zero-order valence-electron chi connectivity index (χ0n) is 8.50. The molecule has 0 bridgehead atoms. The number of carbonyl (C=O) groups excluding carboxylic acids is 1. The Bertz CT molecular complexity index is 364. The second kappa shape index (κ2) is 6.17. The van der Waals surface area contributed by atoms with Crippen LogP contribution in [-0.2, 0) is 14.3 Å². The Hall–Kier alpha value is -1.49. The van der Waals surface area contributed by atoms with E-state index in [1.54, 1.807) is 24.3 Å². The summed E-state index contributed by atoms with van der Waals surface area (Å²) < 4.78 is 5.00. The van der Waals surface area contributed by atoms with E-state index < -0.39 is 18.0 Å². The first-order valence-electron chi connectivity index (χ1n) is 4.70. The van der Waals surface area contributed by atoms with Gasteiger partial charge in [0.15, 0.2) is 0 Å². The van der Waals surface area contributed by atoms with Gasteiger partial charge in [0.25, 0.3) is 0 Å². The standard InChI is InChI=1S/C11H12O4S/c12-10(13)6-9(15-11(14)7-16)8-4-2-1-3-5-8/h1-5,9,16H,6-7H2,(H,12,13). The van der Waals surface area contributed by atoms with Gasteiger partial charge in [-0.1, -0.05) is 30.3 Å². The van der Waals surface area contributed by atoms with Crippen LogP contribution in [0.25, 0.3) is 0 Å². The molecule has 0 radical (unpaired) electrons. The largest absolute Gasteiger partial charge is 0.481 e. The summed E-state index contributed by atoms with van der Waals surface area (Å²) in [6.45, 7) is 0. The maximum absolute atomic E-state index is 11.1. The predicted molar refractivity (Wildman–Crippen MR) is 61.4 cm³/mol. The second-order valence-electron chi connectivity index (χ2n) is 3.15. The number of esters is 1. The lowest BCUT2D eigenvalue weighted by molar-refractivity contribution is -0.150. The highest BCUT2D eigenvalue weighted by Crippen LogP contribution is 2.21. The molecule has 0 spiro atoms. The predicted octanol–water partition coefficient (Wildman–Crippen LogP) is 1.68. The lowest BCUT2D eigenvalue weighted by Crippen LogP contribution is -2.15. The fourth-order valence-electron chi connectivity index (χ4n) is 1.25. The van der Waals surface area contributed by atoms with E-state index in [2.05, 4.69) is 12.6 Å². The number of thiol groups is 1. The summed E-state index contributed by atoms with van der Waals surface area (Å²) in [7, 11) is 0. The number of benzene rings is 1. The van der Waals surface area contributed by atoms with E-state index in [4.69, 9.17) is 9.84 Å². The Labute approximate surface area is 98.6 Å². The van der Waals surface area contributed by atoms with E-state index in [1.807, 2.05) is 6.07 Å². The lowest BCUT2D eigenvalue weighted by atomic mass is 10.1. The number of rotatable bonds is 5. The minimum atomic E-state index is -1.01. The Morgan fingerprint density at radius 3 is 2.44 bits per heavy atom. The molecule has 4 nitrogen and oxygen atoms in total. The number of hydrogen-bond donors (Lipinski definition) is 2. The van der Waals surface area contributed by atoms with Crippen molar-refractivity contribution in [2.24, 2.45) is 0 Å². The number of ether oxygens (including phenoxy) is 1. The molecular weight excluding hydrogens is 228 g/mol. The highest BCUT2D eigenvalue weighted by molar-refractivity contribution is 7.81. The molecule has 5 heteroatoms. The van der Waals surface area contributed by atoms with E-state index in [0.29, 0.717) is 5.56 Å². The highest BCUT2D eigenvalue weighted by Gasteiger charge is 2.19. The average Bonchev–Trinajstić information content (AvgIpc) is 2.28. The van der Waals surface area contributed by atoms with Gasteiger partial charge in [-0.05, 0) is 5.56 Å². The third-order valence-corrected chi connectivity index (χ3v) is 2.19. The van der Waals surface area contributed by atoms with Gasteiger partial charge in [-0.25, -0.2) is 0 Å². The number of hydrogen-bond acceptors (Lipinski definition) is 4. The Kier molecular flexibility index (Phi) is 4.85. The Morgan fingerprint density at radius 1 is 1.31 bits per heavy atom. The molecule has 0 aliphatic carbocycles. The molecule has 1 aromatic carbocycles. The molecule has 0 aliphatic heterocycles. The van der Waals surface area contributed by atoms with Crippen LogP contribution in [0.1, 0.15) is 18.1 Å². The van der Waals surface area contributed by atoms with Crippen molar-refractivity contribution in [3.8, 4) is 0 Å². The second-order valence-corrected chi connectivity index (χ2v) is 3.46. The molecule has 0 saturated heterocycles. The molecule has 1 aromatic rings. The van der Waals surface area contributed by atoms with E-state index in [0.717, 1.165) is 0 Å². The fraction of sp³-hybridized carbons (Fsp3) is 0.273. The summed E-state index contributed by atoms with van der Waals surface area (Å²) in [6.07, 6.45) is -0.998. The summed E-state index contributed by atoms with van der Waals surface area (Å²) in [6, 6.07) is 8.78. The van der Waals surface area contributed by atoms with Crippen molar-refractivity contribution >= 4 is 24.6 Å². The summed E-state index contributed by atoms with van der Waals surface area (Å²) in [5, 5.41) is 8.72. The van der Waals surface area contributed by atoms with Crippen molar-refractivity contribution in [3.63, 3.8) is 0 Å². The number of carboxylic acids is 1. The van der Waals surface area contributed by atoms with Crippen LogP contribution in [0, 0.1) is 0 Å². The van der Waals surface area contributed by atoms with Crippen LogP contribution in [0.3, 0.4) is 0 Å². The van der Waals surface area contributed by atoms with Gasteiger partial charge in [-0.2, -0.15) is 12.6 Å². The monoisotopic (exact) mass is 240 g/mol. The molecular formula is C11H12O4S. The molecule has 0 heterocycles. The van der Waals surface area contributed by atoms with Gasteiger partial charge in [0.1, 0.15) is 6.10 Å². The van der Waals surface area contributed by atoms with Gasteiger partial charge in [-0.15, -0.1) is 0 Å². The molecule has 1 N–H and O–H groups in total. The third-order valence-electron chi connectivity index (χ3n) is 1.93. The number of aliphatic carboxylic acids is 1. The smallest absolute Gasteiger partial charge is 0.316 e. The van der Waals surface area contributed by atoms with Gasteiger partial charge < -0.3 is 9.84 Å². The molecule has 1 atom stereocenters. The molecule has 0 fully saturated rings. The highest BCUT2D eigenvalue weighted by atomic mass is 32.1. The van der Waals surface area contributed by atoms with Crippen LogP contribution in [0.5, 0.6) is 0 Å². The molecule has 86 valence electrons. The number of carbonyl (C=O) groups is 2. The van der Waals surface area contributed by atoms with Gasteiger partial charge in [0, 0.05) is 0 Å². The fourth-order valence-corrected chi connectivity index (χ4v) is 1.32. The van der Waals surface area contributed by atoms with Gasteiger partial charge in [0.05, 0.1) is 12.2 Å². The molecule has 16 heavy (non-hydrogen) atoms. The van der Waals surface area contributed by atoms with Crippen molar-refractivity contribution < 1.29 is 19.4 Å². The molecule has 1 rings (SSSR count). The summed E-state index contributed by atoms with van der Waals surface area (Å²) in [4.78, 5) is 21.7. The zero-order valence-corrected chi connectivity index (χ0v) is 9.39. The summed E-state index contributed by atoms with van der Waals surface area (Å²) in [5.74, 6) is -1.61. The first kappa shape index (κ1) is 12.6. The number of carboxylic acid groups (broad SMARTS) is 1. The van der Waals surface area contributed by atoms with Gasteiger partial charge in [-0.3, -0.25) is 9.59 Å². The van der Waals surface area contributed by atoms with Crippen molar-refractivity contribution in [1.82, 2.24) is 0 Å². The normalized spacial score (nSPS) is 11.8. The molecule has 0 aliphatic rings. The van der Waals surface area contributed by atoms with Crippen LogP contribution in [0.15, 0.2) is 30.3 Å². The van der Waals surface area contributed by atoms with E-state index in [1.165, 1.54) is 0 Å². The maximum Gasteiger partial charge on any atom is 0.316 e. The Morgan fingerprint density at radius 2 is 1.94 bits per heavy atom. The minimum absolute atomic E-state index is 0.0665. The lowest BCUT2D eigenvalue weighted by Gasteiger charge is -2.15. The van der Waals surface area contributed by atoms with Gasteiger partial charge >= 0.3 is 11.9 Å². The molecule has 0 saturated carbocycles. The molecule has 0 amide bonds. The average molecular weight is 240 g/mol. The van der Waals surface area contributed by atoms with E-state index >= 15 is 0 Å². The van der Waals surface area contributed by atoms with Crippen LogP contribution in [-0.4, -0.2) is 22.8 Å².